The molecule has 0 atom stereocenters. The molecule has 0 bridgehead atoms. The minimum atomic E-state index is -0.989. The van der Waals surface area contributed by atoms with E-state index in [4.69, 9.17) is 4.74 Å². The van der Waals surface area contributed by atoms with Crippen LogP contribution >= 0.6 is 0 Å². The molecule has 0 fully saturated rings. The lowest BCUT2D eigenvalue weighted by Gasteiger charge is -2.07. The van der Waals surface area contributed by atoms with E-state index in [1.807, 2.05) is 0 Å². The number of nitrogens with zero attached hydrogens (tertiary/aromatic N) is 2. The van der Waals surface area contributed by atoms with Gasteiger partial charge in [-0.1, -0.05) is 18.2 Å². The van der Waals surface area contributed by atoms with Crippen LogP contribution in [0.3, 0.4) is 0 Å². The topological polar surface area (TPSA) is 103 Å². The molecule has 9 heteroatoms. The molecule has 0 aliphatic carbocycles. The van der Waals surface area contributed by atoms with Gasteiger partial charge in [0, 0.05) is 28.9 Å². The second-order valence-corrected chi connectivity index (χ2v) is 5.65. The first-order chi connectivity index (χ1) is 12.9. The van der Waals surface area contributed by atoms with Crippen molar-refractivity contribution in [1.29, 1.82) is 0 Å². The monoisotopic (exact) mass is 371 g/mol. The zero-order valence-electron chi connectivity index (χ0n) is 14.1. The molecule has 1 aromatic heterocycles. The van der Waals surface area contributed by atoms with Gasteiger partial charge in [-0.05, 0) is 18.2 Å². The Morgan fingerprint density at radius 1 is 1.26 bits per heavy atom. The van der Waals surface area contributed by atoms with Crippen molar-refractivity contribution in [2.45, 2.75) is 6.54 Å². The summed E-state index contributed by atoms with van der Waals surface area (Å²) < 4.78 is 19.7. The highest BCUT2D eigenvalue weighted by atomic mass is 19.1. The first-order valence-electron chi connectivity index (χ1n) is 7.80. The van der Waals surface area contributed by atoms with Crippen molar-refractivity contribution in [2.24, 2.45) is 0 Å². The molecule has 3 rings (SSSR count). The summed E-state index contributed by atoms with van der Waals surface area (Å²) in [6.45, 7) is -0.150. The van der Waals surface area contributed by atoms with Crippen molar-refractivity contribution in [3.63, 3.8) is 0 Å². The third-order valence-corrected chi connectivity index (χ3v) is 3.93. The van der Waals surface area contributed by atoms with Gasteiger partial charge in [0.05, 0.1) is 17.6 Å². The molecule has 2 aromatic carbocycles. The van der Waals surface area contributed by atoms with Crippen LogP contribution in [0.5, 0.6) is 0 Å². The minimum Gasteiger partial charge on any atom is -0.465 e. The number of carbonyl (C=O) groups excluding carboxylic acids is 2. The zero-order valence-corrected chi connectivity index (χ0v) is 14.1. The summed E-state index contributed by atoms with van der Waals surface area (Å²) in [4.78, 5) is 34.2. The minimum absolute atomic E-state index is 0.0951. The molecule has 138 valence electrons. The van der Waals surface area contributed by atoms with Gasteiger partial charge in [0.2, 0.25) is 11.7 Å². The maximum atomic E-state index is 13.4. The number of aromatic nitrogens is 1. The van der Waals surface area contributed by atoms with Crippen LogP contribution in [0.25, 0.3) is 10.9 Å². The largest absolute Gasteiger partial charge is 0.465 e. The van der Waals surface area contributed by atoms with Gasteiger partial charge < -0.3 is 14.6 Å². The smallest absolute Gasteiger partial charge is 0.340 e. The van der Waals surface area contributed by atoms with E-state index in [1.54, 1.807) is 28.8 Å². The Morgan fingerprint density at radius 2 is 2.00 bits per heavy atom. The molecule has 0 saturated heterocycles. The van der Waals surface area contributed by atoms with E-state index in [-0.39, 0.29) is 12.2 Å². The lowest BCUT2D eigenvalue weighted by molar-refractivity contribution is -0.387. The number of nitrogens with one attached hydrogen (secondary N) is 1. The number of benzene rings is 2. The van der Waals surface area contributed by atoms with Crippen molar-refractivity contribution in [2.75, 3.05) is 12.4 Å². The Kier molecular flexibility index (Phi) is 4.84. The molecule has 8 nitrogen and oxygen atoms in total. The number of hydrogen-bond donors (Lipinski definition) is 1. The number of carbonyl (C=O) groups is 2. The molecule has 0 unspecified atom stereocenters. The van der Waals surface area contributed by atoms with E-state index in [0.717, 1.165) is 12.1 Å². The fourth-order valence-electron chi connectivity index (χ4n) is 2.74. The van der Waals surface area contributed by atoms with Crippen LogP contribution in [0, 0.1) is 15.9 Å². The molecule has 3 aromatic rings. The van der Waals surface area contributed by atoms with Gasteiger partial charge in [-0.3, -0.25) is 14.9 Å². The standard InChI is InChI=1S/C18H14FN3O5/c1-27-18(24)13-9-21(15-5-3-2-4-12(13)15)10-17(23)20-11-6-7-14(19)16(8-11)22(25)26/h2-9H,10H2,1H3,(H,20,23). The van der Waals surface area contributed by atoms with Gasteiger partial charge in [-0.2, -0.15) is 4.39 Å². The van der Waals surface area contributed by atoms with E-state index in [9.17, 15) is 24.1 Å². The number of nitro benzene ring substituents is 1. The third-order valence-electron chi connectivity index (χ3n) is 3.93. The van der Waals surface area contributed by atoms with Gasteiger partial charge in [-0.15, -0.1) is 0 Å². The van der Waals surface area contributed by atoms with Crippen LogP contribution in [-0.2, 0) is 16.1 Å². The summed E-state index contributed by atoms with van der Waals surface area (Å²) in [5.41, 5.74) is 0.335. The number of para-hydroxylation sites is 1. The number of halogens is 1. The molecule has 0 aliphatic rings. The van der Waals surface area contributed by atoms with E-state index < -0.39 is 28.3 Å². The van der Waals surface area contributed by atoms with Gasteiger partial charge >= 0.3 is 11.7 Å². The molecule has 27 heavy (non-hydrogen) atoms. The SMILES string of the molecule is COC(=O)c1cn(CC(=O)Nc2ccc(F)c([N+](=O)[O-])c2)c2ccccc12. The molecule has 1 heterocycles. The molecule has 1 amide bonds. The average Bonchev–Trinajstić information content (AvgIpc) is 3.01. The summed E-state index contributed by atoms with van der Waals surface area (Å²) in [6, 6.07) is 10.1. The van der Waals surface area contributed by atoms with Crippen molar-refractivity contribution < 1.29 is 23.6 Å². The maximum Gasteiger partial charge on any atom is 0.340 e. The second kappa shape index (κ2) is 7.24. The van der Waals surface area contributed by atoms with Gasteiger partial charge in [0.1, 0.15) is 6.54 Å². The first-order valence-corrected chi connectivity index (χ1v) is 7.80. The van der Waals surface area contributed by atoms with Crippen LogP contribution in [0.2, 0.25) is 0 Å². The van der Waals surface area contributed by atoms with Gasteiger partial charge in [-0.25, -0.2) is 4.79 Å². The number of esters is 1. The van der Waals surface area contributed by atoms with Crippen LogP contribution in [0.15, 0.2) is 48.7 Å². The third kappa shape index (κ3) is 3.61. The highest BCUT2D eigenvalue weighted by Crippen LogP contribution is 2.23. The van der Waals surface area contributed by atoms with Crippen molar-refractivity contribution in [3.8, 4) is 0 Å². The van der Waals surface area contributed by atoms with E-state index in [2.05, 4.69) is 5.32 Å². The van der Waals surface area contributed by atoms with Crippen molar-refractivity contribution in [1.82, 2.24) is 4.57 Å². The number of ether oxygens (including phenoxy) is 1. The Bertz CT molecular complexity index is 1060. The maximum absolute atomic E-state index is 13.4. The first kappa shape index (κ1) is 18.1. The van der Waals surface area contributed by atoms with E-state index >= 15 is 0 Å². The number of hydrogen-bond acceptors (Lipinski definition) is 5. The highest BCUT2D eigenvalue weighted by molar-refractivity contribution is 6.05. The van der Waals surface area contributed by atoms with Crippen molar-refractivity contribution in [3.05, 3.63) is 70.2 Å². The Balaban J connectivity index is 1.86. The number of methoxy groups -OCH3 is 1. The Hall–Kier alpha value is -3.75. The molecule has 0 radical (unpaired) electrons. The fraction of sp³-hybridized carbons (Fsp3) is 0.111. The number of anilines is 1. The molecule has 0 aliphatic heterocycles. The van der Waals surface area contributed by atoms with Crippen molar-refractivity contribution >= 4 is 34.2 Å². The molecular weight excluding hydrogens is 357 g/mol. The lowest BCUT2D eigenvalue weighted by atomic mass is 10.2. The summed E-state index contributed by atoms with van der Waals surface area (Å²) in [5, 5.41) is 13.9. The predicted octanol–water partition coefficient (Wildman–Crippen LogP) is 3.11. The predicted molar refractivity (Wildman–Crippen MR) is 95.0 cm³/mol. The number of nitro groups is 1. The summed E-state index contributed by atoms with van der Waals surface area (Å²) in [6.07, 6.45) is 1.50. The lowest BCUT2D eigenvalue weighted by Crippen LogP contribution is -2.18. The van der Waals surface area contributed by atoms with Crippen LogP contribution in [0.4, 0.5) is 15.8 Å². The molecule has 0 saturated carbocycles. The zero-order chi connectivity index (χ0) is 19.6. The van der Waals surface area contributed by atoms with Crippen LogP contribution < -0.4 is 5.32 Å². The van der Waals surface area contributed by atoms with Crippen LogP contribution in [-0.4, -0.2) is 28.5 Å². The fourth-order valence-corrected chi connectivity index (χ4v) is 2.74. The number of fused-ring (bicyclic) bond motifs is 1. The summed E-state index contributed by atoms with van der Waals surface area (Å²) >= 11 is 0. The van der Waals surface area contributed by atoms with Gasteiger partial charge in [0.25, 0.3) is 0 Å². The summed E-state index contributed by atoms with van der Waals surface area (Å²) in [7, 11) is 1.27. The summed E-state index contributed by atoms with van der Waals surface area (Å²) in [5.74, 6) is -2.01. The second-order valence-electron chi connectivity index (χ2n) is 5.65. The Morgan fingerprint density at radius 3 is 2.70 bits per heavy atom. The van der Waals surface area contributed by atoms with Crippen LogP contribution in [0.1, 0.15) is 10.4 Å². The Labute approximate surface area is 152 Å². The molecule has 0 spiro atoms. The highest BCUT2D eigenvalue weighted by Gasteiger charge is 2.18. The van der Waals surface area contributed by atoms with E-state index in [0.29, 0.717) is 16.5 Å². The average molecular weight is 371 g/mol. The number of amides is 1. The van der Waals surface area contributed by atoms with E-state index in [1.165, 1.54) is 19.4 Å². The molecule has 1 N–H and O–H groups in total. The number of rotatable bonds is 5. The molecular formula is C18H14FN3O5. The quantitative estimate of drug-likeness (QED) is 0.422. The normalized spacial score (nSPS) is 10.6. The van der Waals surface area contributed by atoms with Gasteiger partial charge in [0.15, 0.2) is 0 Å².